The molecule has 0 spiro atoms. The van der Waals surface area contributed by atoms with E-state index in [0.29, 0.717) is 50.7 Å². The Balaban J connectivity index is 1.23. The quantitative estimate of drug-likeness (QED) is 0.327. The molecule has 7 rings (SSSR count). The van der Waals surface area contributed by atoms with Crippen LogP contribution in [-0.2, 0) is 35.2 Å². The van der Waals surface area contributed by atoms with Crippen LogP contribution < -0.4 is 5.32 Å². The third-order valence-electron chi connectivity index (χ3n) is 11.0. The molecule has 0 saturated carbocycles. The largest absolute Gasteiger partial charge is 0.381 e. The highest BCUT2D eigenvalue weighted by atomic mass is 19.1. The number of nitrogens with zero attached hydrogens (tertiary/aromatic N) is 5. The van der Waals surface area contributed by atoms with Crippen LogP contribution >= 0.6 is 0 Å². The van der Waals surface area contributed by atoms with E-state index in [1.54, 1.807) is 11.1 Å². The normalized spacial score (nSPS) is 25.5. The van der Waals surface area contributed by atoms with Gasteiger partial charge < -0.3 is 29.2 Å². The number of ether oxygens (including phenoxy) is 2. The van der Waals surface area contributed by atoms with E-state index in [4.69, 9.17) is 14.5 Å². The average Bonchev–Trinajstić information content (AvgIpc) is 3.89. The topological polar surface area (TPSA) is 126 Å². The number of hydrogen-bond donors (Lipinski definition) is 1. The monoisotopic (exact) mass is 750 g/mol. The number of carbonyl (C=O) groups is 4. The molecule has 54 heavy (non-hydrogen) atoms. The predicted octanol–water partition coefficient (Wildman–Crippen LogP) is 3.52. The van der Waals surface area contributed by atoms with E-state index >= 15 is 8.78 Å². The Morgan fingerprint density at radius 2 is 1.78 bits per heavy atom. The zero-order chi connectivity index (χ0) is 37.8. The molecule has 0 bridgehead atoms. The number of benzene rings is 1. The third kappa shape index (κ3) is 8.37. The minimum absolute atomic E-state index is 0.0254. The summed E-state index contributed by atoms with van der Waals surface area (Å²) in [5.74, 6) is -3.95. The summed E-state index contributed by atoms with van der Waals surface area (Å²) in [5, 5.41) is 3.09. The van der Waals surface area contributed by atoms with Crippen LogP contribution in [-0.4, -0.2) is 119 Å². The minimum atomic E-state index is -1.22. The summed E-state index contributed by atoms with van der Waals surface area (Å²) in [6.45, 7) is 1.82. The zero-order valence-electron chi connectivity index (χ0n) is 30.0. The minimum Gasteiger partial charge on any atom is -0.381 e. The molecule has 5 aliphatic rings. The fourth-order valence-corrected chi connectivity index (χ4v) is 7.99. The standard InChI is InChI=1S/C39H45F3N6O6/c40-28-6-7-30(41)29(18-28)32-23-46(21-25-4-2-1-3-5-25)38(44-32)37(26-11-15-53-16-12-26)48(22-27-19-43-20-31(27)42)39(52)33-24-45(14-17-54-33)34(49)10-13-47-35(50)8-9-36(47)51/h1-9,23,26-27,29,31,33,37,43H,10-22,24H2/t27-,29?,31-,33+,37+/m0/s1. The Morgan fingerprint density at radius 1 is 1.02 bits per heavy atom. The first-order valence-electron chi connectivity index (χ1n) is 18.6. The van der Waals surface area contributed by atoms with E-state index in [-0.39, 0.29) is 64.0 Å². The first-order chi connectivity index (χ1) is 26.2. The SMILES string of the molecule is O=C(CCN1C(=O)C=CC1=O)N1CCO[C@@H](C(=O)N(C[C@@H]2CNC[C@@H]2F)[C@@H](c2nc(C3CC(F)=CC=C3F)cn2Cc2ccccc2)C2CCOCC2)C1. The number of carbonyl (C=O) groups excluding carboxylic acids is 4. The van der Waals surface area contributed by atoms with Crippen LogP contribution in [0.25, 0.3) is 0 Å². The van der Waals surface area contributed by atoms with Crippen molar-refractivity contribution in [2.45, 2.75) is 56.5 Å². The predicted molar refractivity (Wildman–Crippen MR) is 190 cm³/mol. The molecule has 1 N–H and O–H groups in total. The summed E-state index contributed by atoms with van der Waals surface area (Å²) in [6, 6.07) is 8.88. The van der Waals surface area contributed by atoms with Crippen molar-refractivity contribution in [1.82, 2.24) is 29.6 Å². The van der Waals surface area contributed by atoms with Gasteiger partial charge in [0.1, 0.15) is 23.6 Å². The highest BCUT2D eigenvalue weighted by Gasteiger charge is 2.44. The van der Waals surface area contributed by atoms with E-state index in [2.05, 4.69) is 5.32 Å². The molecular weight excluding hydrogens is 705 g/mol. The molecule has 5 atom stereocenters. The summed E-state index contributed by atoms with van der Waals surface area (Å²) >= 11 is 0. The molecule has 3 saturated heterocycles. The lowest BCUT2D eigenvalue weighted by atomic mass is 9.88. The second-order valence-corrected chi connectivity index (χ2v) is 14.5. The number of imide groups is 1. The van der Waals surface area contributed by atoms with E-state index < -0.39 is 59.5 Å². The van der Waals surface area contributed by atoms with Gasteiger partial charge in [0.05, 0.1) is 30.8 Å². The van der Waals surface area contributed by atoms with Crippen LogP contribution in [0.5, 0.6) is 0 Å². The summed E-state index contributed by atoms with van der Waals surface area (Å²) in [4.78, 5) is 61.6. The molecule has 1 aromatic carbocycles. The molecule has 4 amide bonds. The van der Waals surface area contributed by atoms with E-state index in [0.717, 1.165) is 34.8 Å². The Hall–Kier alpha value is -4.60. The molecule has 0 radical (unpaired) electrons. The molecule has 288 valence electrons. The molecule has 1 aromatic heterocycles. The summed E-state index contributed by atoms with van der Waals surface area (Å²) in [7, 11) is 0. The number of imidazole rings is 1. The van der Waals surface area contributed by atoms with Gasteiger partial charge in [0.25, 0.3) is 17.7 Å². The summed E-state index contributed by atoms with van der Waals surface area (Å²) in [5.41, 5.74) is 1.25. The van der Waals surface area contributed by atoms with Gasteiger partial charge in [0, 0.05) is 89.6 Å². The van der Waals surface area contributed by atoms with Crippen LogP contribution in [0.4, 0.5) is 13.2 Å². The van der Waals surface area contributed by atoms with Crippen LogP contribution in [0.1, 0.15) is 54.7 Å². The lowest BCUT2D eigenvalue weighted by molar-refractivity contribution is -0.159. The van der Waals surface area contributed by atoms with Gasteiger partial charge in [-0.15, -0.1) is 0 Å². The van der Waals surface area contributed by atoms with Crippen molar-refractivity contribution in [2.24, 2.45) is 11.8 Å². The number of morpholine rings is 1. The molecule has 12 nitrogen and oxygen atoms in total. The number of allylic oxidation sites excluding steroid dienone is 4. The Labute approximate surface area is 311 Å². The fourth-order valence-electron chi connectivity index (χ4n) is 7.99. The lowest BCUT2D eigenvalue weighted by Gasteiger charge is -2.42. The average molecular weight is 751 g/mol. The third-order valence-corrected chi connectivity index (χ3v) is 11.0. The zero-order valence-corrected chi connectivity index (χ0v) is 30.0. The van der Waals surface area contributed by atoms with Crippen molar-refractivity contribution in [3.05, 3.63) is 89.6 Å². The smallest absolute Gasteiger partial charge is 0.254 e. The summed E-state index contributed by atoms with van der Waals surface area (Å²) < 4.78 is 59.0. The maximum atomic E-state index is 15.4. The maximum Gasteiger partial charge on any atom is 0.254 e. The van der Waals surface area contributed by atoms with Crippen molar-refractivity contribution < 1.29 is 41.8 Å². The maximum absolute atomic E-state index is 15.4. The Bertz CT molecular complexity index is 1790. The second-order valence-electron chi connectivity index (χ2n) is 14.5. The number of rotatable bonds is 12. The first kappa shape index (κ1) is 37.7. The van der Waals surface area contributed by atoms with Crippen LogP contribution in [0, 0.1) is 11.8 Å². The molecule has 5 heterocycles. The molecule has 1 aliphatic carbocycles. The Kier molecular flexibility index (Phi) is 11.7. The number of halogens is 3. The Morgan fingerprint density at radius 3 is 2.50 bits per heavy atom. The van der Waals surface area contributed by atoms with E-state index in [1.165, 1.54) is 4.90 Å². The van der Waals surface area contributed by atoms with Gasteiger partial charge in [-0.1, -0.05) is 30.3 Å². The molecule has 4 aliphatic heterocycles. The van der Waals surface area contributed by atoms with Crippen molar-refractivity contribution in [3.8, 4) is 0 Å². The number of alkyl halides is 1. The number of aromatic nitrogens is 2. The van der Waals surface area contributed by atoms with E-state index in [9.17, 15) is 23.6 Å². The van der Waals surface area contributed by atoms with Crippen LogP contribution in [0.15, 0.2) is 72.5 Å². The van der Waals surface area contributed by atoms with Gasteiger partial charge in [-0.2, -0.15) is 0 Å². The van der Waals surface area contributed by atoms with E-state index in [1.807, 2.05) is 34.9 Å². The van der Waals surface area contributed by atoms with Gasteiger partial charge in [-0.25, -0.2) is 18.2 Å². The van der Waals surface area contributed by atoms with Gasteiger partial charge in [-0.3, -0.25) is 24.1 Å². The second kappa shape index (κ2) is 16.8. The molecular formula is C39H45F3N6O6. The van der Waals surface area contributed by atoms with Crippen LogP contribution in [0.2, 0.25) is 0 Å². The van der Waals surface area contributed by atoms with Crippen molar-refractivity contribution in [3.63, 3.8) is 0 Å². The lowest BCUT2D eigenvalue weighted by Crippen LogP contribution is -2.55. The van der Waals surface area contributed by atoms with Gasteiger partial charge in [0.15, 0.2) is 6.10 Å². The highest BCUT2D eigenvalue weighted by molar-refractivity contribution is 6.13. The number of amides is 4. The molecule has 15 heteroatoms. The summed E-state index contributed by atoms with van der Waals surface area (Å²) in [6.07, 6.45) is 4.79. The molecule has 2 aromatic rings. The van der Waals surface area contributed by atoms with Crippen LogP contribution in [0.3, 0.4) is 0 Å². The first-order valence-corrected chi connectivity index (χ1v) is 18.6. The van der Waals surface area contributed by atoms with Crippen molar-refractivity contribution in [1.29, 1.82) is 0 Å². The fraction of sp³-hybridized carbons (Fsp3) is 0.513. The number of nitrogens with one attached hydrogen (secondary N) is 1. The van der Waals surface area contributed by atoms with Crippen molar-refractivity contribution in [2.75, 3.05) is 59.1 Å². The van der Waals surface area contributed by atoms with Gasteiger partial charge in [-0.05, 0) is 36.5 Å². The van der Waals surface area contributed by atoms with Gasteiger partial charge >= 0.3 is 0 Å². The molecule has 1 unspecified atom stereocenters. The van der Waals surface area contributed by atoms with Gasteiger partial charge in [0.2, 0.25) is 5.91 Å². The molecule has 3 fully saturated rings. The number of hydrogen-bond acceptors (Lipinski definition) is 8. The van der Waals surface area contributed by atoms with Crippen molar-refractivity contribution >= 4 is 23.6 Å². The highest BCUT2D eigenvalue weighted by Crippen LogP contribution is 2.40.